The van der Waals surface area contributed by atoms with Gasteiger partial charge in [0, 0.05) is 4.47 Å². The van der Waals surface area contributed by atoms with Crippen molar-refractivity contribution >= 4 is 33.6 Å². The first kappa shape index (κ1) is 10.1. The molecular weight excluding hydrogens is 267 g/mol. The normalized spacial score (nSPS) is 15.7. The van der Waals surface area contributed by atoms with Crippen molar-refractivity contribution in [3.63, 3.8) is 0 Å². The second-order valence-electron chi connectivity index (χ2n) is 2.98. The fourth-order valence-corrected chi connectivity index (χ4v) is 1.66. The molecule has 15 heavy (non-hydrogen) atoms. The Bertz CT molecular complexity index is 434. The van der Waals surface area contributed by atoms with E-state index in [2.05, 4.69) is 21.2 Å². The summed E-state index contributed by atoms with van der Waals surface area (Å²) in [5.41, 5.74) is -0.0294. The van der Waals surface area contributed by atoms with E-state index >= 15 is 0 Å². The molecule has 1 aliphatic heterocycles. The van der Waals surface area contributed by atoms with Crippen LogP contribution >= 0.6 is 15.9 Å². The van der Waals surface area contributed by atoms with Crippen LogP contribution in [0.3, 0.4) is 0 Å². The number of rotatable bonds is 1. The lowest BCUT2D eigenvalue weighted by Gasteiger charge is -2.12. The van der Waals surface area contributed by atoms with E-state index in [0.717, 1.165) is 4.90 Å². The number of urea groups is 1. The topological polar surface area (TPSA) is 49.4 Å². The average molecular weight is 273 g/mol. The Morgan fingerprint density at radius 1 is 1.40 bits per heavy atom. The molecular formula is C9H6BrFN2O2. The van der Waals surface area contributed by atoms with Crippen LogP contribution in [0.15, 0.2) is 22.7 Å². The second-order valence-corrected chi connectivity index (χ2v) is 3.90. The molecule has 6 heteroatoms. The summed E-state index contributed by atoms with van der Waals surface area (Å²) in [5, 5.41) is 2.32. The zero-order valence-electron chi connectivity index (χ0n) is 7.46. The van der Waals surface area contributed by atoms with Gasteiger partial charge in [0.15, 0.2) is 0 Å². The molecule has 0 atom stereocenters. The quantitative estimate of drug-likeness (QED) is 0.791. The van der Waals surface area contributed by atoms with Crippen LogP contribution in [0, 0.1) is 5.82 Å². The van der Waals surface area contributed by atoms with Crippen molar-refractivity contribution in [3.8, 4) is 0 Å². The number of imide groups is 1. The van der Waals surface area contributed by atoms with Gasteiger partial charge in [-0.1, -0.05) is 15.9 Å². The molecule has 0 radical (unpaired) electrons. The van der Waals surface area contributed by atoms with Crippen molar-refractivity contribution in [2.75, 3.05) is 11.4 Å². The van der Waals surface area contributed by atoms with E-state index in [9.17, 15) is 14.0 Å². The highest BCUT2D eigenvalue weighted by molar-refractivity contribution is 9.10. The lowest BCUT2D eigenvalue weighted by Crippen LogP contribution is -2.31. The predicted octanol–water partition coefficient (Wildman–Crippen LogP) is 1.64. The van der Waals surface area contributed by atoms with E-state index in [1.165, 1.54) is 12.1 Å². The van der Waals surface area contributed by atoms with Crippen LogP contribution in [-0.4, -0.2) is 18.5 Å². The summed E-state index contributed by atoms with van der Waals surface area (Å²) in [4.78, 5) is 23.3. The minimum absolute atomic E-state index is 0.0294. The van der Waals surface area contributed by atoms with Crippen molar-refractivity contribution < 1.29 is 14.0 Å². The molecule has 1 fully saturated rings. The Balaban J connectivity index is 2.45. The fourth-order valence-electron chi connectivity index (χ4n) is 1.33. The number of anilines is 1. The molecule has 78 valence electrons. The minimum Gasteiger partial charge on any atom is -0.328 e. The summed E-state index contributed by atoms with van der Waals surface area (Å²) < 4.78 is 14.0. The number of hydrogen-bond donors (Lipinski definition) is 1. The molecule has 3 amide bonds. The molecule has 0 aliphatic carbocycles. The lowest BCUT2D eigenvalue weighted by atomic mass is 10.3. The van der Waals surface area contributed by atoms with E-state index < -0.39 is 17.8 Å². The van der Waals surface area contributed by atoms with Crippen molar-refractivity contribution in [2.24, 2.45) is 0 Å². The summed E-state index contributed by atoms with van der Waals surface area (Å²) in [6, 6.07) is 3.55. The van der Waals surface area contributed by atoms with E-state index in [1.807, 2.05) is 0 Å². The maximum atomic E-state index is 13.4. The molecule has 1 N–H and O–H groups in total. The summed E-state index contributed by atoms with van der Waals surface area (Å²) in [6.45, 7) is -0.0890. The van der Waals surface area contributed by atoms with Crippen molar-refractivity contribution in [1.29, 1.82) is 0 Å². The van der Waals surface area contributed by atoms with Crippen molar-refractivity contribution in [2.45, 2.75) is 0 Å². The highest BCUT2D eigenvalue weighted by atomic mass is 79.9. The molecule has 0 spiro atoms. The fraction of sp³-hybridized carbons (Fsp3) is 0.111. The number of carbonyl (C=O) groups is 2. The van der Waals surface area contributed by atoms with Gasteiger partial charge in [0.1, 0.15) is 5.82 Å². The molecule has 0 bridgehead atoms. The molecule has 0 aromatic heterocycles. The van der Waals surface area contributed by atoms with E-state index in [0.29, 0.717) is 4.47 Å². The van der Waals surface area contributed by atoms with Gasteiger partial charge in [0.25, 0.3) is 5.91 Å². The third-order valence-electron chi connectivity index (χ3n) is 1.99. The Kier molecular flexibility index (Phi) is 2.44. The monoisotopic (exact) mass is 272 g/mol. The van der Waals surface area contributed by atoms with Crippen LogP contribution in [0.5, 0.6) is 0 Å². The number of nitrogens with one attached hydrogen (secondary N) is 1. The van der Waals surface area contributed by atoms with Gasteiger partial charge >= 0.3 is 6.03 Å². The number of halogens is 2. The van der Waals surface area contributed by atoms with Gasteiger partial charge in [-0.15, -0.1) is 0 Å². The van der Waals surface area contributed by atoms with Gasteiger partial charge in [-0.05, 0) is 18.2 Å². The van der Waals surface area contributed by atoms with Crippen molar-refractivity contribution in [3.05, 3.63) is 28.5 Å². The van der Waals surface area contributed by atoms with Gasteiger partial charge in [-0.25, -0.2) is 14.1 Å². The standard InChI is InChI=1S/C9H6BrFN2O2/c10-5-1-2-7(6(11)3-5)13-8(14)4-12-9(13)15/h1-3H,4H2,(H,12,15). The number of hydrogen-bond acceptors (Lipinski definition) is 2. The highest BCUT2D eigenvalue weighted by Crippen LogP contribution is 2.24. The summed E-state index contributed by atoms with van der Waals surface area (Å²) in [6.07, 6.45) is 0. The van der Waals surface area contributed by atoms with Gasteiger partial charge in [-0.3, -0.25) is 4.79 Å². The molecule has 0 unspecified atom stereocenters. The molecule has 1 heterocycles. The average Bonchev–Trinajstić information content (AvgIpc) is 2.48. The van der Waals surface area contributed by atoms with Gasteiger partial charge in [0.2, 0.25) is 0 Å². The molecule has 1 saturated heterocycles. The van der Waals surface area contributed by atoms with Crippen LogP contribution < -0.4 is 10.2 Å². The summed E-state index contributed by atoms with van der Waals surface area (Å²) in [5.74, 6) is -1.07. The Morgan fingerprint density at radius 2 is 2.13 bits per heavy atom. The molecule has 0 saturated carbocycles. The lowest BCUT2D eigenvalue weighted by molar-refractivity contribution is -0.115. The van der Waals surface area contributed by atoms with Gasteiger partial charge < -0.3 is 5.32 Å². The number of amides is 3. The Labute approximate surface area is 93.2 Å². The summed E-state index contributed by atoms with van der Waals surface area (Å²) in [7, 11) is 0. The summed E-state index contributed by atoms with van der Waals surface area (Å²) >= 11 is 3.09. The van der Waals surface area contributed by atoms with Crippen molar-refractivity contribution in [1.82, 2.24) is 5.32 Å². The first-order chi connectivity index (χ1) is 7.09. The van der Waals surface area contributed by atoms with Gasteiger partial charge in [0.05, 0.1) is 12.2 Å². The Hall–Kier alpha value is -1.43. The first-order valence-corrected chi connectivity index (χ1v) is 4.95. The first-order valence-electron chi connectivity index (χ1n) is 4.15. The Morgan fingerprint density at radius 3 is 2.67 bits per heavy atom. The third kappa shape index (κ3) is 1.72. The molecule has 4 nitrogen and oxygen atoms in total. The van der Waals surface area contributed by atoms with Crippen LogP contribution in [0.1, 0.15) is 0 Å². The van der Waals surface area contributed by atoms with Gasteiger partial charge in [-0.2, -0.15) is 0 Å². The third-order valence-corrected chi connectivity index (χ3v) is 2.49. The maximum Gasteiger partial charge on any atom is 0.329 e. The molecule has 1 aromatic rings. The molecule has 2 rings (SSSR count). The second kappa shape index (κ2) is 3.62. The highest BCUT2D eigenvalue weighted by Gasteiger charge is 2.31. The maximum absolute atomic E-state index is 13.4. The van der Waals surface area contributed by atoms with Crippen LogP contribution in [0.25, 0.3) is 0 Å². The predicted molar refractivity (Wildman–Crippen MR) is 55.0 cm³/mol. The number of carbonyl (C=O) groups excluding carboxylic acids is 2. The SMILES string of the molecule is O=C1CNC(=O)N1c1ccc(Br)cc1F. The van der Waals surface area contributed by atoms with E-state index in [-0.39, 0.29) is 12.2 Å². The van der Waals surface area contributed by atoms with E-state index in [4.69, 9.17) is 0 Å². The zero-order valence-corrected chi connectivity index (χ0v) is 9.04. The van der Waals surface area contributed by atoms with E-state index in [1.54, 1.807) is 6.07 Å². The zero-order chi connectivity index (χ0) is 11.0. The molecule has 1 aromatic carbocycles. The smallest absolute Gasteiger partial charge is 0.328 e. The minimum atomic E-state index is -0.616. The molecule has 1 aliphatic rings. The number of benzene rings is 1. The van der Waals surface area contributed by atoms with Crippen LogP contribution in [0.2, 0.25) is 0 Å². The van der Waals surface area contributed by atoms with Crippen LogP contribution in [0.4, 0.5) is 14.9 Å². The van der Waals surface area contributed by atoms with Crippen LogP contribution in [-0.2, 0) is 4.79 Å². The number of nitrogens with zero attached hydrogens (tertiary/aromatic N) is 1. The largest absolute Gasteiger partial charge is 0.329 e.